The number of nitriles is 1. The Morgan fingerprint density at radius 1 is 1.24 bits per heavy atom. The molecular weight excluding hydrogens is 468 g/mol. The van der Waals surface area contributed by atoms with Gasteiger partial charge in [0.1, 0.15) is 17.6 Å². The van der Waals surface area contributed by atoms with E-state index in [4.69, 9.17) is 21.1 Å². The highest BCUT2D eigenvalue weighted by atomic mass is 35.5. The summed E-state index contributed by atoms with van der Waals surface area (Å²) in [5.74, 6) is -0.218. The van der Waals surface area contributed by atoms with E-state index in [9.17, 15) is 18.8 Å². The van der Waals surface area contributed by atoms with E-state index in [0.717, 1.165) is 6.08 Å². The van der Waals surface area contributed by atoms with Crippen molar-refractivity contribution in [3.8, 4) is 17.6 Å². The van der Waals surface area contributed by atoms with Crippen molar-refractivity contribution in [1.29, 1.82) is 5.26 Å². The molecule has 0 spiro atoms. The summed E-state index contributed by atoms with van der Waals surface area (Å²) in [6, 6.07) is 17.9. The number of esters is 1. The van der Waals surface area contributed by atoms with Crippen LogP contribution >= 0.6 is 23.4 Å². The summed E-state index contributed by atoms with van der Waals surface area (Å²) in [4.78, 5) is 12.8. The first-order valence-corrected chi connectivity index (χ1v) is 11.9. The van der Waals surface area contributed by atoms with Gasteiger partial charge in [0.2, 0.25) is 6.10 Å². The summed E-state index contributed by atoms with van der Waals surface area (Å²) < 4.78 is 39.1. The number of nitrogens with zero attached hydrogens (tertiary/aromatic N) is 1. The SMILES string of the molecule is CC1(C)C(C=CC(F)(F)SCCCl)C1C(=O)OC(C#N)c1cccc(Oc2ccccc2)c1. The molecule has 3 unspecified atom stereocenters. The minimum absolute atomic E-state index is 0.120. The Bertz CT molecular complexity index is 1040. The average molecular weight is 492 g/mol. The van der Waals surface area contributed by atoms with Gasteiger partial charge in [-0.2, -0.15) is 14.0 Å². The highest BCUT2D eigenvalue weighted by Gasteiger charge is 2.61. The molecule has 1 aliphatic rings. The second-order valence-electron chi connectivity index (χ2n) is 8.22. The van der Waals surface area contributed by atoms with Gasteiger partial charge in [0.15, 0.2) is 0 Å². The molecule has 0 heterocycles. The lowest BCUT2D eigenvalue weighted by atomic mass is 10.1. The number of hydrogen-bond acceptors (Lipinski definition) is 5. The second-order valence-corrected chi connectivity index (χ2v) is 9.84. The number of thioether (sulfide) groups is 1. The topological polar surface area (TPSA) is 59.3 Å². The smallest absolute Gasteiger partial charge is 0.312 e. The zero-order valence-electron chi connectivity index (χ0n) is 18.2. The van der Waals surface area contributed by atoms with Crippen molar-refractivity contribution in [2.45, 2.75) is 25.2 Å². The monoisotopic (exact) mass is 491 g/mol. The summed E-state index contributed by atoms with van der Waals surface area (Å²) in [7, 11) is 0. The minimum atomic E-state index is -3.06. The molecule has 33 heavy (non-hydrogen) atoms. The Labute approximate surface area is 201 Å². The van der Waals surface area contributed by atoms with Crippen molar-refractivity contribution in [2.75, 3.05) is 11.6 Å². The van der Waals surface area contributed by atoms with E-state index in [-0.39, 0.29) is 11.6 Å². The van der Waals surface area contributed by atoms with Crippen LogP contribution in [0.4, 0.5) is 8.78 Å². The molecule has 0 aliphatic heterocycles. The third-order valence-electron chi connectivity index (χ3n) is 5.52. The van der Waals surface area contributed by atoms with Gasteiger partial charge in [-0.15, -0.1) is 11.6 Å². The van der Waals surface area contributed by atoms with Crippen molar-refractivity contribution in [3.63, 3.8) is 0 Å². The molecule has 0 amide bonds. The van der Waals surface area contributed by atoms with Crippen molar-refractivity contribution in [2.24, 2.45) is 17.3 Å². The third kappa shape index (κ3) is 6.49. The van der Waals surface area contributed by atoms with E-state index in [1.54, 1.807) is 36.4 Å². The van der Waals surface area contributed by atoms with Gasteiger partial charge in [-0.25, -0.2) is 0 Å². The molecule has 174 valence electrons. The molecule has 1 aliphatic carbocycles. The van der Waals surface area contributed by atoms with E-state index < -0.39 is 34.6 Å². The number of carbonyl (C=O) groups excluding carboxylic acids is 1. The fourth-order valence-electron chi connectivity index (χ4n) is 3.65. The average Bonchev–Trinajstić information content (AvgIpc) is 3.36. The van der Waals surface area contributed by atoms with Gasteiger partial charge in [-0.3, -0.25) is 4.79 Å². The van der Waals surface area contributed by atoms with Gasteiger partial charge in [0.25, 0.3) is 0 Å². The molecular formula is C25H24ClF2NO3S. The molecule has 0 aromatic heterocycles. The molecule has 3 atom stereocenters. The molecule has 4 nitrogen and oxygen atoms in total. The van der Waals surface area contributed by atoms with Gasteiger partial charge >= 0.3 is 11.2 Å². The highest BCUT2D eigenvalue weighted by Crippen LogP contribution is 2.60. The van der Waals surface area contributed by atoms with Crippen LogP contribution < -0.4 is 4.74 Å². The van der Waals surface area contributed by atoms with Crippen LogP contribution in [0.5, 0.6) is 11.5 Å². The van der Waals surface area contributed by atoms with Gasteiger partial charge in [0, 0.05) is 17.2 Å². The first-order valence-electron chi connectivity index (χ1n) is 10.4. The number of carbonyl (C=O) groups is 1. The van der Waals surface area contributed by atoms with Crippen molar-refractivity contribution in [3.05, 3.63) is 72.3 Å². The third-order valence-corrected chi connectivity index (χ3v) is 6.87. The van der Waals surface area contributed by atoms with Gasteiger partial charge < -0.3 is 9.47 Å². The predicted octanol–water partition coefficient (Wildman–Crippen LogP) is 6.98. The first-order chi connectivity index (χ1) is 15.7. The Morgan fingerprint density at radius 3 is 2.61 bits per heavy atom. The highest BCUT2D eigenvalue weighted by molar-refractivity contribution is 8.00. The lowest BCUT2D eigenvalue weighted by Crippen LogP contribution is -2.14. The molecule has 0 radical (unpaired) electrons. The zero-order chi connectivity index (χ0) is 24.1. The Kier molecular flexibility index (Phi) is 8.04. The van der Waals surface area contributed by atoms with Crippen LogP contribution in [0.1, 0.15) is 25.5 Å². The maximum absolute atomic E-state index is 13.9. The molecule has 3 rings (SSSR count). The minimum Gasteiger partial charge on any atom is -0.457 e. The van der Waals surface area contributed by atoms with Crippen LogP contribution in [0.15, 0.2) is 66.7 Å². The first kappa shape index (κ1) is 25.1. The van der Waals surface area contributed by atoms with Crippen LogP contribution in [0.2, 0.25) is 0 Å². The van der Waals surface area contributed by atoms with E-state index in [1.165, 1.54) is 6.08 Å². The number of para-hydroxylation sites is 1. The van der Waals surface area contributed by atoms with Crippen LogP contribution in [0.3, 0.4) is 0 Å². The Balaban J connectivity index is 1.66. The number of alkyl halides is 3. The molecule has 0 saturated heterocycles. The lowest BCUT2D eigenvalue weighted by Gasteiger charge is -2.13. The van der Waals surface area contributed by atoms with E-state index in [1.807, 2.05) is 38.1 Å². The second kappa shape index (κ2) is 10.6. The Morgan fingerprint density at radius 2 is 1.94 bits per heavy atom. The number of allylic oxidation sites excluding steroid dienone is 1. The van der Waals surface area contributed by atoms with Crippen LogP contribution in [0, 0.1) is 28.6 Å². The van der Waals surface area contributed by atoms with Crippen molar-refractivity contribution in [1.82, 2.24) is 0 Å². The van der Waals surface area contributed by atoms with E-state index >= 15 is 0 Å². The predicted molar refractivity (Wildman–Crippen MR) is 125 cm³/mol. The van der Waals surface area contributed by atoms with Crippen LogP contribution in [0.25, 0.3) is 0 Å². The molecule has 0 bridgehead atoms. The summed E-state index contributed by atoms with van der Waals surface area (Å²) in [6.07, 6.45) is 1.04. The number of hydrogen-bond donors (Lipinski definition) is 0. The normalized spacial score (nSPS) is 20.1. The molecule has 2 aromatic rings. The maximum Gasteiger partial charge on any atom is 0.312 e. The quantitative estimate of drug-likeness (QED) is 0.204. The zero-order valence-corrected chi connectivity index (χ0v) is 19.8. The standard InChI is InChI=1S/C25H24ClF2NO3S/c1-24(2)20(11-12-25(27,28)33-14-13-26)22(24)23(30)32-21(16-29)17-7-6-10-19(15-17)31-18-8-4-3-5-9-18/h3-12,15,20-22H,13-14H2,1-2H3. The van der Waals surface area contributed by atoms with Gasteiger partial charge in [-0.1, -0.05) is 62.0 Å². The van der Waals surface area contributed by atoms with E-state index in [2.05, 4.69) is 0 Å². The van der Waals surface area contributed by atoms with Gasteiger partial charge in [0.05, 0.1) is 5.92 Å². The summed E-state index contributed by atoms with van der Waals surface area (Å²) in [6.45, 7) is 3.63. The number of ether oxygens (including phenoxy) is 2. The van der Waals surface area contributed by atoms with Gasteiger partial charge in [-0.05, 0) is 41.7 Å². The van der Waals surface area contributed by atoms with Crippen molar-refractivity contribution < 1.29 is 23.0 Å². The molecule has 8 heteroatoms. The number of rotatable bonds is 10. The lowest BCUT2D eigenvalue weighted by molar-refractivity contribution is -0.149. The molecule has 1 fully saturated rings. The van der Waals surface area contributed by atoms with Crippen LogP contribution in [-0.2, 0) is 9.53 Å². The summed E-state index contributed by atoms with van der Waals surface area (Å²) in [5.41, 5.74) is -0.0761. The van der Waals surface area contributed by atoms with E-state index in [0.29, 0.717) is 28.8 Å². The Hall–Kier alpha value is -2.56. The largest absolute Gasteiger partial charge is 0.457 e. The molecule has 1 saturated carbocycles. The number of halogens is 3. The maximum atomic E-state index is 13.9. The fourth-order valence-corrected chi connectivity index (χ4v) is 4.41. The molecule has 2 aromatic carbocycles. The fraction of sp³-hybridized carbons (Fsp3) is 0.360. The van der Waals surface area contributed by atoms with Crippen molar-refractivity contribution >= 4 is 29.3 Å². The number of benzene rings is 2. The summed E-state index contributed by atoms with van der Waals surface area (Å²) >= 11 is 5.93. The van der Waals surface area contributed by atoms with Crippen LogP contribution in [-0.4, -0.2) is 22.9 Å². The molecule has 0 N–H and O–H groups in total. The summed E-state index contributed by atoms with van der Waals surface area (Å²) in [5, 5.41) is 6.55.